The maximum absolute atomic E-state index is 12.0. The fraction of sp³-hybridized carbons (Fsp3) is 0.500. The first-order chi connectivity index (χ1) is 14.3. The highest BCUT2D eigenvalue weighted by Gasteiger charge is 2.25. The second-order valence-corrected chi connectivity index (χ2v) is 9.19. The van der Waals surface area contributed by atoms with Gasteiger partial charge in [-0.15, -0.1) is 0 Å². The van der Waals surface area contributed by atoms with Gasteiger partial charge >= 0.3 is 0 Å². The van der Waals surface area contributed by atoms with Crippen LogP contribution >= 0.6 is 0 Å². The summed E-state index contributed by atoms with van der Waals surface area (Å²) < 4.78 is 0. The number of aliphatic hydroxyl groups is 2. The molecule has 1 aliphatic heterocycles. The van der Waals surface area contributed by atoms with Gasteiger partial charge < -0.3 is 31.9 Å². The van der Waals surface area contributed by atoms with Crippen molar-refractivity contribution in [1.82, 2.24) is 9.97 Å². The molecule has 168 valence electrons. The molecule has 1 aliphatic rings. The molecule has 3 rings (SSSR count). The maximum atomic E-state index is 12.0. The number of carbonyl (C=O) groups is 1. The van der Waals surface area contributed by atoms with Crippen molar-refractivity contribution in [2.45, 2.75) is 57.8 Å². The smallest absolute Gasteiger partial charge is 0.254 e. The number of benzene rings is 1. The van der Waals surface area contributed by atoms with E-state index in [1.807, 2.05) is 4.90 Å². The van der Waals surface area contributed by atoms with Crippen LogP contribution in [0, 0.1) is 0 Å². The lowest BCUT2D eigenvalue weighted by Crippen LogP contribution is -2.43. The van der Waals surface area contributed by atoms with Gasteiger partial charge in [0.1, 0.15) is 11.4 Å². The van der Waals surface area contributed by atoms with Gasteiger partial charge in [-0.2, -0.15) is 4.98 Å². The number of nitrogens with two attached hydrogens (primary N) is 2. The molecule has 0 radical (unpaired) electrons. The van der Waals surface area contributed by atoms with Gasteiger partial charge in [-0.05, 0) is 69.9 Å². The van der Waals surface area contributed by atoms with Gasteiger partial charge in [-0.25, -0.2) is 4.98 Å². The molecular weight excluding hydrogens is 396 g/mol. The molecule has 0 bridgehead atoms. The van der Waals surface area contributed by atoms with Crippen LogP contribution < -0.4 is 21.7 Å². The zero-order valence-corrected chi connectivity index (χ0v) is 18.5. The van der Waals surface area contributed by atoms with Crippen LogP contribution in [-0.4, -0.2) is 45.2 Å². The zero-order valence-electron chi connectivity index (χ0n) is 18.5. The van der Waals surface area contributed by atoms with Crippen molar-refractivity contribution in [3.8, 4) is 0 Å². The van der Waals surface area contributed by atoms with Crippen LogP contribution in [0.1, 0.15) is 62.0 Å². The molecule has 9 nitrogen and oxygen atoms in total. The number of primary amides is 1. The highest BCUT2D eigenvalue weighted by Crippen LogP contribution is 2.32. The summed E-state index contributed by atoms with van der Waals surface area (Å²) in [6, 6.07) is 5.29. The number of nitrogens with one attached hydrogen (secondary N) is 1. The van der Waals surface area contributed by atoms with Crippen molar-refractivity contribution in [1.29, 1.82) is 0 Å². The Bertz CT molecular complexity index is 932. The van der Waals surface area contributed by atoms with Gasteiger partial charge in [0.05, 0.1) is 11.2 Å². The number of nitrogens with zero attached hydrogens (tertiary/aromatic N) is 3. The van der Waals surface area contributed by atoms with Crippen molar-refractivity contribution >= 4 is 23.4 Å². The van der Waals surface area contributed by atoms with Crippen LogP contribution in [0.2, 0.25) is 0 Å². The average Bonchev–Trinajstić information content (AvgIpc) is 2.66. The molecule has 7 N–H and O–H groups in total. The Hall–Kier alpha value is -2.75. The van der Waals surface area contributed by atoms with Crippen molar-refractivity contribution in [3.63, 3.8) is 0 Å². The Morgan fingerprint density at radius 1 is 1.16 bits per heavy atom. The van der Waals surface area contributed by atoms with Gasteiger partial charge in [0, 0.05) is 31.0 Å². The minimum Gasteiger partial charge on any atom is -0.386 e. The van der Waals surface area contributed by atoms with Gasteiger partial charge in [-0.1, -0.05) is 0 Å². The number of hydrogen-bond donors (Lipinski definition) is 5. The molecule has 1 aromatic heterocycles. The van der Waals surface area contributed by atoms with E-state index in [1.165, 1.54) is 6.20 Å². The number of rotatable bonds is 6. The van der Waals surface area contributed by atoms with E-state index in [0.29, 0.717) is 29.3 Å². The van der Waals surface area contributed by atoms with Crippen LogP contribution in [0.15, 0.2) is 24.4 Å². The van der Waals surface area contributed by atoms with Crippen molar-refractivity contribution in [2.75, 3.05) is 23.3 Å². The number of hydrogen-bond acceptors (Lipinski definition) is 8. The van der Waals surface area contributed by atoms with E-state index >= 15 is 0 Å². The predicted octanol–water partition coefficient (Wildman–Crippen LogP) is 1.70. The summed E-state index contributed by atoms with van der Waals surface area (Å²) in [4.78, 5) is 22.8. The predicted molar refractivity (Wildman–Crippen MR) is 120 cm³/mol. The van der Waals surface area contributed by atoms with Crippen LogP contribution in [-0.2, 0) is 11.2 Å². The number of piperidine rings is 1. The fourth-order valence-electron chi connectivity index (χ4n) is 3.54. The molecule has 0 spiro atoms. The number of anilines is 3. The highest BCUT2D eigenvalue weighted by molar-refractivity contribution is 5.98. The summed E-state index contributed by atoms with van der Waals surface area (Å²) in [6.07, 6.45) is 3.29. The van der Waals surface area contributed by atoms with E-state index in [1.54, 1.807) is 45.9 Å². The van der Waals surface area contributed by atoms with Gasteiger partial charge in [-0.3, -0.25) is 4.79 Å². The monoisotopic (exact) mass is 428 g/mol. The highest BCUT2D eigenvalue weighted by atomic mass is 16.3. The number of amides is 1. The third-order valence-corrected chi connectivity index (χ3v) is 5.39. The minimum atomic E-state index is -1.13. The second kappa shape index (κ2) is 8.41. The third-order valence-electron chi connectivity index (χ3n) is 5.39. The summed E-state index contributed by atoms with van der Waals surface area (Å²) >= 11 is 0. The summed E-state index contributed by atoms with van der Waals surface area (Å²) in [5.41, 5.74) is 11.3. The SMILES string of the molecule is CC(C)(O)c1cc(Nc2nc(N3CCCC(N)C3)ncc2C(N)=O)cc(C(C)(C)O)c1. The normalized spacial score (nSPS) is 17.5. The van der Waals surface area contributed by atoms with Crippen molar-refractivity contribution in [2.24, 2.45) is 11.5 Å². The number of carbonyl (C=O) groups excluding carboxylic acids is 1. The van der Waals surface area contributed by atoms with Gasteiger partial charge in [0.25, 0.3) is 5.91 Å². The first kappa shape index (κ1) is 22.9. The quantitative estimate of drug-likeness (QED) is 0.466. The van der Waals surface area contributed by atoms with E-state index in [4.69, 9.17) is 11.5 Å². The van der Waals surface area contributed by atoms with Crippen molar-refractivity contribution < 1.29 is 15.0 Å². The van der Waals surface area contributed by atoms with E-state index in [-0.39, 0.29) is 17.4 Å². The molecule has 1 unspecified atom stereocenters. The summed E-state index contributed by atoms with van der Waals surface area (Å²) in [5.74, 6) is 0.0565. The summed E-state index contributed by atoms with van der Waals surface area (Å²) in [5, 5.41) is 24.2. The molecule has 2 heterocycles. The average molecular weight is 429 g/mol. The van der Waals surface area contributed by atoms with E-state index in [2.05, 4.69) is 15.3 Å². The van der Waals surface area contributed by atoms with E-state index in [0.717, 1.165) is 19.4 Å². The topological polar surface area (TPSA) is 151 Å². The maximum Gasteiger partial charge on any atom is 0.254 e. The van der Waals surface area contributed by atoms with Crippen molar-refractivity contribution in [3.05, 3.63) is 41.1 Å². The Morgan fingerprint density at radius 3 is 2.29 bits per heavy atom. The van der Waals surface area contributed by atoms with E-state index in [9.17, 15) is 15.0 Å². The number of aromatic nitrogens is 2. The molecule has 0 aliphatic carbocycles. The Labute approximate surface area is 182 Å². The fourth-order valence-corrected chi connectivity index (χ4v) is 3.54. The Morgan fingerprint density at radius 2 is 1.77 bits per heavy atom. The molecule has 0 saturated carbocycles. The minimum absolute atomic E-state index is 0.0439. The largest absolute Gasteiger partial charge is 0.386 e. The molecule has 1 aromatic carbocycles. The van der Waals surface area contributed by atoms with Gasteiger partial charge in [0.2, 0.25) is 5.95 Å². The molecule has 1 atom stereocenters. The molecule has 1 amide bonds. The Balaban J connectivity index is 2.04. The lowest BCUT2D eigenvalue weighted by atomic mass is 9.90. The first-order valence-corrected chi connectivity index (χ1v) is 10.4. The molecular formula is C22H32N6O3. The molecule has 1 fully saturated rings. The van der Waals surface area contributed by atoms with Crippen LogP contribution in [0.5, 0.6) is 0 Å². The lowest BCUT2D eigenvalue weighted by molar-refractivity contribution is 0.0719. The first-order valence-electron chi connectivity index (χ1n) is 10.4. The summed E-state index contributed by atoms with van der Waals surface area (Å²) in [6.45, 7) is 8.07. The lowest BCUT2D eigenvalue weighted by Gasteiger charge is -2.31. The van der Waals surface area contributed by atoms with Crippen LogP contribution in [0.25, 0.3) is 0 Å². The molecule has 1 saturated heterocycles. The zero-order chi connectivity index (χ0) is 23.0. The standard InChI is InChI=1S/C22H32N6O3/c1-21(2,30)13-8-14(22(3,4)31)10-16(9-13)26-19-17(18(24)29)11-25-20(27-19)28-7-5-6-15(23)12-28/h8-11,15,30-31H,5-7,12,23H2,1-4H3,(H2,24,29)(H,25,26,27). The van der Waals surface area contributed by atoms with Crippen LogP contribution in [0.3, 0.4) is 0 Å². The van der Waals surface area contributed by atoms with Crippen LogP contribution in [0.4, 0.5) is 17.5 Å². The summed E-state index contributed by atoms with van der Waals surface area (Å²) in [7, 11) is 0. The second-order valence-electron chi connectivity index (χ2n) is 9.19. The van der Waals surface area contributed by atoms with E-state index < -0.39 is 17.1 Å². The molecule has 9 heteroatoms. The van der Waals surface area contributed by atoms with Gasteiger partial charge in [0.15, 0.2) is 0 Å². The molecule has 2 aromatic rings. The third kappa shape index (κ3) is 5.49. The molecule has 31 heavy (non-hydrogen) atoms. The Kier molecular flexibility index (Phi) is 6.22.